The van der Waals surface area contributed by atoms with Crippen LogP contribution >= 0.6 is 11.6 Å². The first-order valence-corrected chi connectivity index (χ1v) is 9.75. The molecule has 32 heavy (non-hydrogen) atoms. The van der Waals surface area contributed by atoms with Gasteiger partial charge in [0.1, 0.15) is 5.75 Å². The number of methoxy groups -OCH3 is 1. The second-order valence-electron chi connectivity index (χ2n) is 6.73. The van der Waals surface area contributed by atoms with Gasteiger partial charge in [0.25, 0.3) is 17.2 Å². The van der Waals surface area contributed by atoms with Crippen LogP contribution in [0.15, 0.2) is 71.7 Å². The van der Waals surface area contributed by atoms with E-state index >= 15 is 0 Å². The third kappa shape index (κ3) is 5.19. The van der Waals surface area contributed by atoms with E-state index in [0.29, 0.717) is 5.75 Å². The van der Waals surface area contributed by atoms with Crippen LogP contribution in [0.2, 0.25) is 5.02 Å². The molecule has 0 saturated heterocycles. The van der Waals surface area contributed by atoms with E-state index in [1.807, 2.05) is 0 Å². The van der Waals surface area contributed by atoms with Crippen LogP contribution in [0, 0.1) is 10.1 Å². The number of Topliss-reactive ketones (excluding diaryl/α,β-unsaturated/α-hetero) is 1. The molecule has 9 nitrogen and oxygen atoms in total. The second kappa shape index (κ2) is 9.88. The summed E-state index contributed by atoms with van der Waals surface area (Å²) >= 11 is 5.98. The van der Waals surface area contributed by atoms with Crippen LogP contribution in [0.3, 0.4) is 0 Å². The van der Waals surface area contributed by atoms with Crippen LogP contribution in [0.5, 0.6) is 5.75 Å². The molecule has 0 bridgehead atoms. The van der Waals surface area contributed by atoms with E-state index in [2.05, 4.69) is 5.32 Å². The van der Waals surface area contributed by atoms with Crippen molar-refractivity contribution in [3.8, 4) is 5.75 Å². The standard InChI is InChI=1S/C22H18ClN3O6/c1-32-18-8-5-14(6-9-18)12-24-22(29)20(25-13-16(23)7-10-19(25)27)21(28)15-3-2-4-17(11-15)26(30)31/h2-11,13,20H,12H2,1H3,(H,24,29)/t20-/m0/s1. The number of nitrogens with one attached hydrogen (secondary N) is 1. The van der Waals surface area contributed by atoms with Crippen molar-refractivity contribution in [1.29, 1.82) is 0 Å². The third-order valence-electron chi connectivity index (χ3n) is 4.64. The average Bonchev–Trinajstić information content (AvgIpc) is 2.80. The molecule has 1 atom stereocenters. The predicted octanol–water partition coefficient (Wildman–Crippen LogP) is 3.16. The number of nitrogens with zero attached hydrogens (tertiary/aromatic N) is 2. The van der Waals surface area contributed by atoms with Crippen molar-refractivity contribution in [1.82, 2.24) is 9.88 Å². The minimum Gasteiger partial charge on any atom is -0.497 e. The van der Waals surface area contributed by atoms with Crippen molar-refractivity contribution in [2.24, 2.45) is 0 Å². The summed E-state index contributed by atoms with van der Waals surface area (Å²) < 4.78 is 6.00. The molecule has 0 unspecified atom stereocenters. The number of ether oxygens (including phenoxy) is 1. The summed E-state index contributed by atoms with van der Waals surface area (Å²) in [7, 11) is 1.53. The lowest BCUT2D eigenvalue weighted by molar-refractivity contribution is -0.384. The van der Waals surface area contributed by atoms with Gasteiger partial charge in [0.2, 0.25) is 0 Å². The lowest BCUT2D eigenvalue weighted by atomic mass is 10.0. The first-order chi connectivity index (χ1) is 15.3. The van der Waals surface area contributed by atoms with Gasteiger partial charge in [-0.2, -0.15) is 0 Å². The van der Waals surface area contributed by atoms with Gasteiger partial charge in [-0.05, 0) is 23.8 Å². The zero-order valence-electron chi connectivity index (χ0n) is 16.9. The molecule has 2 aromatic carbocycles. The summed E-state index contributed by atoms with van der Waals surface area (Å²) in [5.41, 5.74) is -0.292. The van der Waals surface area contributed by atoms with Crippen molar-refractivity contribution in [3.05, 3.63) is 103 Å². The van der Waals surface area contributed by atoms with E-state index in [9.17, 15) is 24.5 Å². The highest BCUT2D eigenvalue weighted by atomic mass is 35.5. The van der Waals surface area contributed by atoms with Gasteiger partial charge in [-0.3, -0.25) is 29.1 Å². The first-order valence-electron chi connectivity index (χ1n) is 9.37. The summed E-state index contributed by atoms with van der Waals surface area (Å²) in [6.07, 6.45) is 1.18. The quantitative estimate of drug-likeness (QED) is 0.241. The topological polar surface area (TPSA) is 121 Å². The van der Waals surface area contributed by atoms with Gasteiger partial charge in [-0.25, -0.2) is 0 Å². The summed E-state index contributed by atoms with van der Waals surface area (Å²) in [6, 6.07) is 12.7. The monoisotopic (exact) mass is 455 g/mol. The number of carbonyl (C=O) groups excluding carboxylic acids is 2. The van der Waals surface area contributed by atoms with Crippen LogP contribution in [0.4, 0.5) is 5.69 Å². The fraction of sp³-hybridized carbons (Fsp3) is 0.136. The maximum absolute atomic E-state index is 13.2. The van der Waals surface area contributed by atoms with Crippen LogP contribution < -0.4 is 15.6 Å². The molecule has 0 radical (unpaired) electrons. The summed E-state index contributed by atoms with van der Waals surface area (Å²) in [5, 5.41) is 13.9. The van der Waals surface area contributed by atoms with Crippen molar-refractivity contribution >= 4 is 29.0 Å². The largest absolute Gasteiger partial charge is 0.497 e. The zero-order chi connectivity index (χ0) is 23.3. The van der Waals surface area contributed by atoms with E-state index in [0.717, 1.165) is 22.3 Å². The van der Waals surface area contributed by atoms with Crippen LogP contribution in [-0.4, -0.2) is 28.3 Å². The Kier molecular flexibility index (Phi) is 7.01. The molecule has 1 aromatic heterocycles. The Morgan fingerprint density at radius 2 is 1.88 bits per heavy atom. The molecule has 3 aromatic rings. The van der Waals surface area contributed by atoms with Crippen molar-refractivity contribution in [2.45, 2.75) is 12.6 Å². The number of amides is 1. The molecule has 0 spiro atoms. The Balaban J connectivity index is 1.94. The Bertz CT molecular complexity index is 1220. The van der Waals surface area contributed by atoms with E-state index in [-0.39, 0.29) is 22.8 Å². The van der Waals surface area contributed by atoms with Crippen molar-refractivity contribution in [3.63, 3.8) is 0 Å². The van der Waals surface area contributed by atoms with Crippen molar-refractivity contribution < 1.29 is 19.2 Å². The fourth-order valence-electron chi connectivity index (χ4n) is 3.01. The maximum Gasteiger partial charge on any atom is 0.270 e. The lowest BCUT2D eigenvalue weighted by Gasteiger charge is -2.19. The molecule has 0 saturated carbocycles. The number of hydrogen-bond donors (Lipinski definition) is 1. The number of non-ortho nitro benzene ring substituents is 1. The highest BCUT2D eigenvalue weighted by Crippen LogP contribution is 2.20. The van der Waals surface area contributed by atoms with Gasteiger partial charge in [-0.1, -0.05) is 35.9 Å². The van der Waals surface area contributed by atoms with E-state index in [1.54, 1.807) is 24.3 Å². The number of carbonyl (C=O) groups is 2. The molecule has 3 rings (SSSR count). The molecule has 10 heteroatoms. The molecular formula is C22H18ClN3O6. The van der Waals surface area contributed by atoms with Crippen LogP contribution in [0.1, 0.15) is 22.0 Å². The third-order valence-corrected chi connectivity index (χ3v) is 4.87. The smallest absolute Gasteiger partial charge is 0.270 e. The predicted molar refractivity (Wildman–Crippen MR) is 117 cm³/mol. The van der Waals surface area contributed by atoms with Crippen molar-refractivity contribution in [2.75, 3.05) is 7.11 Å². The number of halogens is 1. The number of nitro benzene ring substituents is 1. The van der Waals surface area contributed by atoms with E-state index in [4.69, 9.17) is 16.3 Å². The van der Waals surface area contributed by atoms with Gasteiger partial charge in [0.15, 0.2) is 11.8 Å². The number of rotatable bonds is 8. The molecule has 1 N–H and O–H groups in total. The molecule has 1 heterocycles. The number of hydrogen-bond acceptors (Lipinski definition) is 6. The number of aromatic nitrogens is 1. The van der Waals surface area contributed by atoms with Gasteiger partial charge in [-0.15, -0.1) is 0 Å². The van der Waals surface area contributed by atoms with Crippen LogP contribution in [0.25, 0.3) is 0 Å². The summed E-state index contributed by atoms with van der Waals surface area (Å²) in [6.45, 7) is 0.0802. The normalized spacial score (nSPS) is 11.4. The SMILES string of the molecule is COc1ccc(CNC(=O)[C@H](C(=O)c2cccc([N+](=O)[O-])c2)n2cc(Cl)ccc2=O)cc1. The maximum atomic E-state index is 13.2. The molecule has 0 aliphatic rings. The minimum atomic E-state index is -1.61. The van der Waals surface area contributed by atoms with E-state index in [1.165, 1.54) is 37.6 Å². The molecule has 0 aliphatic heterocycles. The Hall–Kier alpha value is -3.98. The molecule has 0 fully saturated rings. The lowest BCUT2D eigenvalue weighted by Crippen LogP contribution is -2.41. The van der Waals surface area contributed by atoms with Gasteiger partial charge < -0.3 is 10.1 Å². The molecule has 0 aliphatic carbocycles. The van der Waals surface area contributed by atoms with Gasteiger partial charge >= 0.3 is 0 Å². The second-order valence-corrected chi connectivity index (χ2v) is 7.17. The van der Waals surface area contributed by atoms with Gasteiger partial charge in [0.05, 0.1) is 17.1 Å². The van der Waals surface area contributed by atoms with Gasteiger partial charge in [0, 0.05) is 36.5 Å². The van der Waals surface area contributed by atoms with Crippen LogP contribution in [-0.2, 0) is 11.3 Å². The molecule has 1 amide bonds. The molecule has 164 valence electrons. The number of nitro groups is 1. The zero-order valence-corrected chi connectivity index (χ0v) is 17.6. The molecular weight excluding hydrogens is 438 g/mol. The highest BCUT2D eigenvalue weighted by molar-refractivity contribution is 6.30. The Morgan fingerprint density at radius 1 is 1.16 bits per heavy atom. The number of benzene rings is 2. The average molecular weight is 456 g/mol. The minimum absolute atomic E-state index is 0.0802. The summed E-state index contributed by atoms with van der Waals surface area (Å²) in [4.78, 5) is 49.1. The Labute approximate surface area is 187 Å². The number of ketones is 1. The van der Waals surface area contributed by atoms with E-state index < -0.39 is 28.2 Å². The number of pyridine rings is 1. The Morgan fingerprint density at radius 3 is 2.53 bits per heavy atom. The highest BCUT2D eigenvalue weighted by Gasteiger charge is 2.31. The summed E-state index contributed by atoms with van der Waals surface area (Å²) in [5.74, 6) is -0.906. The first kappa shape index (κ1) is 22.7. The fourth-order valence-corrected chi connectivity index (χ4v) is 3.18.